The summed E-state index contributed by atoms with van der Waals surface area (Å²) in [6, 6.07) is 14.4. The van der Waals surface area contributed by atoms with Crippen LogP contribution in [0.4, 0.5) is 21.8 Å². The molecule has 4 rings (SSSR count). The molecule has 2 N–H and O–H groups in total. The molecule has 0 aliphatic carbocycles. The van der Waals surface area contributed by atoms with Crippen molar-refractivity contribution in [2.75, 3.05) is 16.3 Å². The van der Waals surface area contributed by atoms with Gasteiger partial charge in [0.1, 0.15) is 0 Å². The van der Waals surface area contributed by atoms with Gasteiger partial charge in [0.2, 0.25) is 5.95 Å². The quantitative estimate of drug-likeness (QED) is 0.385. The van der Waals surface area contributed by atoms with Crippen LogP contribution in [0, 0.1) is 5.95 Å². The van der Waals surface area contributed by atoms with E-state index in [2.05, 4.69) is 25.9 Å². The fourth-order valence-corrected chi connectivity index (χ4v) is 3.39. The second kappa shape index (κ2) is 6.97. The Labute approximate surface area is 161 Å². The number of nitrogens with one attached hydrogen (secondary N) is 2. The predicted molar refractivity (Wildman–Crippen MR) is 112 cm³/mol. The van der Waals surface area contributed by atoms with Crippen molar-refractivity contribution < 1.29 is 13.0 Å². The Morgan fingerprint density at radius 3 is 2.68 bits per heavy atom. The van der Waals surface area contributed by atoms with Crippen molar-refractivity contribution in [3.8, 4) is 11.3 Å². The fourth-order valence-electron chi connectivity index (χ4n) is 2.77. The molecule has 1 unspecified atom stereocenters. The van der Waals surface area contributed by atoms with E-state index in [4.69, 9.17) is 4.42 Å². The second-order valence-corrected chi connectivity index (χ2v) is 8.63. The van der Waals surface area contributed by atoms with Gasteiger partial charge in [0.05, 0.1) is 6.20 Å². The fraction of sp³-hybridized carbons (Fsp3) is 0.0500. The molecule has 4 aromatic rings. The molecule has 0 bridgehead atoms. The molecule has 28 heavy (non-hydrogen) atoms. The SMILES string of the molecule is C=S(C)(=O)Nc1cccc(Nc2ncc(-c3ccc4cnc(F)cc4c3)o2)c1. The van der Waals surface area contributed by atoms with Gasteiger partial charge in [0.25, 0.3) is 6.01 Å². The number of anilines is 3. The first-order valence-corrected chi connectivity index (χ1v) is 10.5. The van der Waals surface area contributed by atoms with Crippen molar-refractivity contribution in [2.24, 2.45) is 0 Å². The smallest absolute Gasteiger partial charge is 0.299 e. The molecular formula is C20H17FN4O2S. The molecule has 2 heterocycles. The molecule has 0 fully saturated rings. The highest BCUT2D eigenvalue weighted by molar-refractivity contribution is 8.00. The minimum atomic E-state index is -2.37. The number of aromatic nitrogens is 2. The van der Waals surface area contributed by atoms with Crippen LogP contribution in [0.15, 0.2) is 65.3 Å². The van der Waals surface area contributed by atoms with E-state index in [0.29, 0.717) is 23.1 Å². The summed E-state index contributed by atoms with van der Waals surface area (Å²) in [6.45, 7) is 0. The van der Waals surface area contributed by atoms with Crippen molar-refractivity contribution in [3.05, 3.63) is 66.9 Å². The normalized spacial score (nSPS) is 13.2. The van der Waals surface area contributed by atoms with Gasteiger partial charge >= 0.3 is 0 Å². The van der Waals surface area contributed by atoms with E-state index >= 15 is 0 Å². The molecule has 1 atom stereocenters. The molecule has 8 heteroatoms. The lowest BCUT2D eigenvalue weighted by atomic mass is 10.1. The zero-order chi connectivity index (χ0) is 19.7. The first kappa shape index (κ1) is 18.0. The number of rotatable bonds is 5. The minimum Gasteiger partial charge on any atom is -0.423 e. The third-order valence-corrected chi connectivity index (χ3v) is 4.59. The number of fused-ring (bicyclic) bond motifs is 1. The molecule has 2 aromatic heterocycles. The van der Waals surface area contributed by atoms with Gasteiger partial charge in [-0.1, -0.05) is 18.2 Å². The molecule has 6 nitrogen and oxygen atoms in total. The number of pyridine rings is 1. The topological polar surface area (TPSA) is 80.0 Å². The van der Waals surface area contributed by atoms with Gasteiger partial charge in [0.15, 0.2) is 5.76 Å². The van der Waals surface area contributed by atoms with Crippen LogP contribution < -0.4 is 10.0 Å². The molecule has 0 radical (unpaired) electrons. The molecule has 0 spiro atoms. The highest BCUT2D eigenvalue weighted by Crippen LogP contribution is 2.28. The molecule has 2 aromatic carbocycles. The molecule has 0 amide bonds. The maximum Gasteiger partial charge on any atom is 0.299 e. The van der Waals surface area contributed by atoms with Crippen molar-refractivity contribution in [3.63, 3.8) is 0 Å². The lowest BCUT2D eigenvalue weighted by Gasteiger charge is -2.09. The van der Waals surface area contributed by atoms with E-state index < -0.39 is 15.7 Å². The standard InChI is InChI=1S/C20H17FN4O2S/c1-28(2,26)25-17-5-3-4-16(10-17)24-20-23-12-18(27-20)13-6-7-14-11-22-19(21)9-15(14)8-13/h3-12H,1H2,2H3,(H,23,24)(H,25,26). The minimum absolute atomic E-state index is 0.306. The molecule has 142 valence electrons. The van der Waals surface area contributed by atoms with Crippen LogP contribution in [0.25, 0.3) is 22.1 Å². The van der Waals surface area contributed by atoms with Crippen LogP contribution >= 0.6 is 0 Å². The number of hydrogen-bond donors (Lipinski definition) is 2. The van der Waals surface area contributed by atoms with Gasteiger partial charge in [0, 0.05) is 50.6 Å². The van der Waals surface area contributed by atoms with Crippen LogP contribution in [-0.2, 0) is 9.71 Å². The maximum absolute atomic E-state index is 13.4. The van der Waals surface area contributed by atoms with Gasteiger partial charge in [-0.2, -0.15) is 4.39 Å². The number of benzene rings is 2. The predicted octanol–water partition coefficient (Wildman–Crippen LogP) is 4.45. The van der Waals surface area contributed by atoms with Crippen LogP contribution in [0.2, 0.25) is 0 Å². The highest BCUT2D eigenvalue weighted by Gasteiger charge is 2.09. The Balaban J connectivity index is 1.57. The Morgan fingerprint density at radius 1 is 1.04 bits per heavy atom. The monoisotopic (exact) mass is 396 g/mol. The summed E-state index contributed by atoms with van der Waals surface area (Å²) >= 11 is 0. The van der Waals surface area contributed by atoms with E-state index in [-0.39, 0.29) is 0 Å². The van der Waals surface area contributed by atoms with Gasteiger partial charge in [-0.15, -0.1) is 0 Å². The summed E-state index contributed by atoms with van der Waals surface area (Å²) in [5.41, 5.74) is 2.16. The third-order valence-electron chi connectivity index (χ3n) is 3.93. The lowest BCUT2D eigenvalue weighted by Crippen LogP contribution is -2.09. The van der Waals surface area contributed by atoms with Gasteiger partial charge in [-0.05, 0) is 35.5 Å². The largest absolute Gasteiger partial charge is 0.423 e. The first-order chi connectivity index (χ1) is 13.4. The first-order valence-electron chi connectivity index (χ1n) is 8.34. The highest BCUT2D eigenvalue weighted by atomic mass is 32.2. The summed E-state index contributed by atoms with van der Waals surface area (Å²) < 4.78 is 33.8. The summed E-state index contributed by atoms with van der Waals surface area (Å²) in [7, 11) is -2.37. The molecule has 0 aliphatic rings. The van der Waals surface area contributed by atoms with Crippen LogP contribution in [0.1, 0.15) is 0 Å². The van der Waals surface area contributed by atoms with Gasteiger partial charge in [-0.25, -0.2) is 14.2 Å². The Morgan fingerprint density at radius 2 is 1.86 bits per heavy atom. The summed E-state index contributed by atoms with van der Waals surface area (Å²) in [6.07, 6.45) is 4.61. The van der Waals surface area contributed by atoms with Crippen molar-refractivity contribution in [2.45, 2.75) is 0 Å². The van der Waals surface area contributed by atoms with E-state index in [0.717, 1.165) is 16.3 Å². The summed E-state index contributed by atoms with van der Waals surface area (Å²) in [4.78, 5) is 7.89. The van der Waals surface area contributed by atoms with E-state index in [9.17, 15) is 8.60 Å². The summed E-state index contributed by atoms with van der Waals surface area (Å²) in [5, 5.41) is 4.63. The van der Waals surface area contributed by atoms with Gasteiger partial charge in [-0.3, -0.25) is 0 Å². The number of oxazole rings is 1. The average molecular weight is 396 g/mol. The summed E-state index contributed by atoms with van der Waals surface area (Å²) in [5.74, 6) is 3.60. The Bertz CT molecular complexity index is 1270. The average Bonchev–Trinajstić information content (AvgIpc) is 3.08. The van der Waals surface area contributed by atoms with E-state index in [1.54, 1.807) is 18.3 Å². The van der Waals surface area contributed by atoms with E-state index in [1.165, 1.54) is 18.5 Å². The Hall–Kier alpha value is -3.39. The molecule has 0 aliphatic heterocycles. The van der Waals surface area contributed by atoms with Crippen molar-refractivity contribution in [1.29, 1.82) is 0 Å². The molecule has 0 saturated carbocycles. The van der Waals surface area contributed by atoms with Crippen molar-refractivity contribution >= 4 is 43.7 Å². The Kier molecular flexibility index (Phi) is 4.48. The van der Waals surface area contributed by atoms with Gasteiger partial charge < -0.3 is 14.5 Å². The molecule has 0 saturated heterocycles. The number of hydrogen-bond acceptors (Lipinski definition) is 5. The van der Waals surface area contributed by atoms with Crippen LogP contribution in [0.5, 0.6) is 0 Å². The number of nitrogens with zero attached hydrogens (tertiary/aromatic N) is 2. The van der Waals surface area contributed by atoms with Crippen LogP contribution in [-0.4, -0.2) is 26.3 Å². The second-order valence-electron chi connectivity index (χ2n) is 6.41. The van der Waals surface area contributed by atoms with E-state index in [1.807, 2.05) is 30.3 Å². The van der Waals surface area contributed by atoms with Crippen LogP contribution in [0.3, 0.4) is 0 Å². The lowest BCUT2D eigenvalue weighted by molar-refractivity contribution is 0.586. The molecular weight excluding hydrogens is 379 g/mol. The zero-order valence-electron chi connectivity index (χ0n) is 15.0. The maximum atomic E-state index is 13.4. The number of halogens is 1. The van der Waals surface area contributed by atoms with Crippen molar-refractivity contribution in [1.82, 2.24) is 9.97 Å². The third kappa shape index (κ3) is 4.12. The zero-order valence-corrected chi connectivity index (χ0v) is 15.8.